The molecule has 0 atom stereocenters. The van der Waals surface area contributed by atoms with Crippen molar-refractivity contribution in [2.24, 2.45) is 7.05 Å². The maximum absolute atomic E-state index is 12.0. The van der Waals surface area contributed by atoms with E-state index in [2.05, 4.69) is 28.8 Å². The minimum Gasteiger partial charge on any atom is -0.462 e. The molecule has 0 unspecified atom stereocenters. The Bertz CT molecular complexity index is 1110. The van der Waals surface area contributed by atoms with Gasteiger partial charge in [-0.05, 0) is 19.1 Å². The molecule has 0 aliphatic heterocycles. The van der Waals surface area contributed by atoms with Crippen LogP contribution in [0, 0.1) is 0 Å². The standard InChI is InChI=1S/C25H22N2O2/c1-3-29-25(28)21-16-14-18(15-17-21)22-23(19-10-6-4-7-11-19)27(2)24(26-22)20-12-8-5-9-13-20/h4-17H,3H2,1-2H3. The topological polar surface area (TPSA) is 44.1 Å². The summed E-state index contributed by atoms with van der Waals surface area (Å²) in [6.45, 7) is 2.16. The summed E-state index contributed by atoms with van der Waals surface area (Å²) in [7, 11) is 2.04. The molecule has 0 aliphatic carbocycles. The van der Waals surface area contributed by atoms with Gasteiger partial charge in [0.25, 0.3) is 0 Å². The summed E-state index contributed by atoms with van der Waals surface area (Å²) >= 11 is 0. The van der Waals surface area contributed by atoms with E-state index in [1.807, 2.05) is 55.6 Å². The SMILES string of the molecule is CCOC(=O)c1ccc(-c2nc(-c3ccccc3)n(C)c2-c2ccccc2)cc1. The lowest BCUT2D eigenvalue weighted by Gasteiger charge is -2.08. The van der Waals surface area contributed by atoms with Gasteiger partial charge in [0.1, 0.15) is 5.82 Å². The number of carbonyl (C=O) groups is 1. The molecule has 4 nitrogen and oxygen atoms in total. The monoisotopic (exact) mass is 382 g/mol. The Balaban J connectivity index is 1.85. The number of benzene rings is 3. The van der Waals surface area contributed by atoms with Crippen molar-refractivity contribution in [1.82, 2.24) is 9.55 Å². The van der Waals surface area contributed by atoms with Crippen LogP contribution >= 0.6 is 0 Å². The normalized spacial score (nSPS) is 10.7. The molecule has 3 aromatic carbocycles. The van der Waals surface area contributed by atoms with E-state index in [4.69, 9.17) is 9.72 Å². The molecule has 1 heterocycles. The molecule has 0 bridgehead atoms. The van der Waals surface area contributed by atoms with Crippen LogP contribution in [0.3, 0.4) is 0 Å². The van der Waals surface area contributed by atoms with E-state index in [0.717, 1.165) is 33.9 Å². The van der Waals surface area contributed by atoms with E-state index in [-0.39, 0.29) is 5.97 Å². The Morgan fingerprint density at radius 2 is 1.41 bits per heavy atom. The lowest BCUT2D eigenvalue weighted by atomic mass is 10.0. The molecule has 0 fully saturated rings. The third-order valence-corrected chi connectivity index (χ3v) is 4.84. The van der Waals surface area contributed by atoms with E-state index < -0.39 is 0 Å². The van der Waals surface area contributed by atoms with Gasteiger partial charge in [-0.25, -0.2) is 9.78 Å². The van der Waals surface area contributed by atoms with Gasteiger partial charge in [-0.1, -0.05) is 72.8 Å². The maximum Gasteiger partial charge on any atom is 0.338 e. The molecule has 4 heteroatoms. The molecule has 0 amide bonds. The second-order valence-electron chi connectivity index (χ2n) is 6.72. The zero-order chi connectivity index (χ0) is 20.2. The highest BCUT2D eigenvalue weighted by molar-refractivity contribution is 5.90. The fraction of sp³-hybridized carbons (Fsp3) is 0.120. The first-order valence-corrected chi connectivity index (χ1v) is 9.64. The predicted molar refractivity (Wildman–Crippen MR) is 115 cm³/mol. The van der Waals surface area contributed by atoms with Crippen molar-refractivity contribution in [2.75, 3.05) is 6.61 Å². The van der Waals surface area contributed by atoms with Gasteiger partial charge in [0.05, 0.1) is 23.6 Å². The van der Waals surface area contributed by atoms with Gasteiger partial charge in [0, 0.05) is 23.7 Å². The van der Waals surface area contributed by atoms with Crippen LogP contribution in [0.25, 0.3) is 33.9 Å². The van der Waals surface area contributed by atoms with Crippen LogP contribution in [-0.4, -0.2) is 22.1 Å². The fourth-order valence-corrected chi connectivity index (χ4v) is 3.45. The Morgan fingerprint density at radius 1 is 0.828 bits per heavy atom. The van der Waals surface area contributed by atoms with Crippen molar-refractivity contribution < 1.29 is 9.53 Å². The first kappa shape index (κ1) is 18.7. The van der Waals surface area contributed by atoms with E-state index in [9.17, 15) is 4.79 Å². The number of rotatable bonds is 5. The first-order valence-electron chi connectivity index (χ1n) is 9.64. The molecule has 0 saturated carbocycles. The molecule has 0 radical (unpaired) electrons. The molecule has 1 aromatic heterocycles. The second-order valence-corrected chi connectivity index (χ2v) is 6.72. The van der Waals surface area contributed by atoms with E-state index in [1.54, 1.807) is 19.1 Å². The van der Waals surface area contributed by atoms with E-state index in [0.29, 0.717) is 12.2 Å². The molecule has 0 aliphatic rings. The van der Waals surface area contributed by atoms with Crippen LogP contribution in [-0.2, 0) is 11.8 Å². The Kier molecular flexibility index (Phi) is 5.25. The molecule has 4 rings (SSSR count). The second kappa shape index (κ2) is 8.15. The highest BCUT2D eigenvalue weighted by Gasteiger charge is 2.19. The summed E-state index contributed by atoms with van der Waals surface area (Å²) < 4.78 is 7.21. The maximum atomic E-state index is 12.0. The summed E-state index contributed by atoms with van der Waals surface area (Å²) in [5.74, 6) is 0.585. The third-order valence-electron chi connectivity index (χ3n) is 4.84. The number of ether oxygens (including phenoxy) is 1. The van der Waals surface area contributed by atoms with Crippen LogP contribution in [0.5, 0.6) is 0 Å². The summed E-state index contributed by atoms with van der Waals surface area (Å²) in [6, 6.07) is 27.8. The highest BCUT2D eigenvalue weighted by Crippen LogP contribution is 2.35. The first-order chi connectivity index (χ1) is 14.2. The van der Waals surface area contributed by atoms with Gasteiger partial charge in [0.2, 0.25) is 0 Å². The number of nitrogens with zero attached hydrogens (tertiary/aromatic N) is 2. The summed E-state index contributed by atoms with van der Waals surface area (Å²) in [4.78, 5) is 17.0. The van der Waals surface area contributed by atoms with Gasteiger partial charge >= 0.3 is 5.97 Å². The fourth-order valence-electron chi connectivity index (χ4n) is 3.45. The van der Waals surface area contributed by atoms with Gasteiger partial charge in [-0.15, -0.1) is 0 Å². The largest absolute Gasteiger partial charge is 0.462 e. The third kappa shape index (κ3) is 3.69. The van der Waals surface area contributed by atoms with Crippen molar-refractivity contribution >= 4 is 5.97 Å². The summed E-state index contributed by atoms with van der Waals surface area (Å²) in [6.07, 6.45) is 0. The number of hydrogen-bond acceptors (Lipinski definition) is 3. The average molecular weight is 382 g/mol. The van der Waals surface area contributed by atoms with Crippen molar-refractivity contribution in [2.45, 2.75) is 6.92 Å². The number of carbonyl (C=O) groups excluding carboxylic acids is 1. The lowest BCUT2D eigenvalue weighted by molar-refractivity contribution is 0.0526. The van der Waals surface area contributed by atoms with Crippen molar-refractivity contribution in [3.8, 4) is 33.9 Å². The lowest BCUT2D eigenvalue weighted by Crippen LogP contribution is -2.04. The predicted octanol–water partition coefficient (Wildman–Crippen LogP) is 5.60. The quantitative estimate of drug-likeness (QED) is 0.422. The Hall–Kier alpha value is -3.66. The van der Waals surface area contributed by atoms with Gasteiger partial charge in [-0.3, -0.25) is 0 Å². The van der Waals surface area contributed by atoms with Gasteiger partial charge in [-0.2, -0.15) is 0 Å². The van der Waals surface area contributed by atoms with E-state index >= 15 is 0 Å². The molecule has 29 heavy (non-hydrogen) atoms. The van der Waals surface area contributed by atoms with Crippen LogP contribution in [0.1, 0.15) is 17.3 Å². The summed E-state index contributed by atoms with van der Waals surface area (Å²) in [5, 5.41) is 0. The Labute approximate surface area is 170 Å². The Morgan fingerprint density at radius 3 is 2.00 bits per heavy atom. The molecule has 0 spiro atoms. The van der Waals surface area contributed by atoms with Gasteiger partial charge < -0.3 is 9.30 Å². The van der Waals surface area contributed by atoms with Crippen molar-refractivity contribution in [3.05, 3.63) is 90.5 Å². The number of aromatic nitrogens is 2. The number of esters is 1. The molecule has 4 aromatic rings. The van der Waals surface area contributed by atoms with Gasteiger partial charge in [0.15, 0.2) is 0 Å². The highest BCUT2D eigenvalue weighted by atomic mass is 16.5. The van der Waals surface area contributed by atoms with Crippen molar-refractivity contribution in [3.63, 3.8) is 0 Å². The minimum absolute atomic E-state index is 0.312. The molecule has 0 saturated heterocycles. The van der Waals surface area contributed by atoms with Crippen LogP contribution in [0.4, 0.5) is 0 Å². The minimum atomic E-state index is -0.312. The van der Waals surface area contributed by atoms with Crippen LogP contribution in [0.15, 0.2) is 84.9 Å². The number of imidazole rings is 1. The zero-order valence-electron chi connectivity index (χ0n) is 16.5. The average Bonchev–Trinajstić information content (AvgIpc) is 3.12. The van der Waals surface area contributed by atoms with E-state index in [1.165, 1.54) is 0 Å². The van der Waals surface area contributed by atoms with Crippen LogP contribution in [0.2, 0.25) is 0 Å². The smallest absolute Gasteiger partial charge is 0.338 e. The van der Waals surface area contributed by atoms with Crippen LogP contribution < -0.4 is 0 Å². The summed E-state index contributed by atoms with van der Waals surface area (Å²) in [5.41, 5.74) is 5.56. The van der Waals surface area contributed by atoms with Crippen molar-refractivity contribution in [1.29, 1.82) is 0 Å². The molecular weight excluding hydrogens is 360 g/mol. The molecular formula is C25H22N2O2. The molecule has 0 N–H and O–H groups in total. The molecule has 144 valence electrons. The zero-order valence-corrected chi connectivity index (χ0v) is 16.5. The number of hydrogen-bond donors (Lipinski definition) is 0.